The quantitative estimate of drug-likeness (QED) is 0.710. The number of carbonyl (C=O) groups excluding carboxylic acids is 2. The van der Waals surface area contributed by atoms with Gasteiger partial charge in [0, 0.05) is 53.1 Å². The number of rotatable bonds is 7. The van der Waals surface area contributed by atoms with Crippen LogP contribution in [0, 0.1) is 0 Å². The summed E-state index contributed by atoms with van der Waals surface area (Å²) in [6.45, 7) is 2.43. The Hall–Kier alpha value is -1.40. The lowest BCUT2D eigenvalue weighted by Gasteiger charge is -2.26. The van der Waals surface area contributed by atoms with E-state index in [0.717, 1.165) is 46.9 Å². The zero-order valence-electron chi connectivity index (χ0n) is 14.3. The van der Waals surface area contributed by atoms with E-state index in [0.29, 0.717) is 22.9 Å². The highest BCUT2D eigenvalue weighted by molar-refractivity contribution is 7.12. The van der Waals surface area contributed by atoms with Crippen LogP contribution >= 0.6 is 34.5 Å². The zero-order valence-corrected chi connectivity index (χ0v) is 16.6. The lowest BCUT2D eigenvalue weighted by molar-refractivity contribution is -0.117. The lowest BCUT2D eigenvalue weighted by atomic mass is 9.98. The van der Waals surface area contributed by atoms with Crippen molar-refractivity contribution in [2.45, 2.75) is 25.8 Å². The standard InChI is InChI=1S/C19H20Cl2N2O2S/c20-6-8-23-7-5-15-17(11-23)26-16(18(15)19(22)25)10-14(24)9-12-1-3-13(21)4-2-12/h1-4H,5-11H2,(H2,22,25). The van der Waals surface area contributed by atoms with Crippen molar-refractivity contribution in [2.24, 2.45) is 5.73 Å². The van der Waals surface area contributed by atoms with E-state index in [1.807, 2.05) is 12.1 Å². The van der Waals surface area contributed by atoms with Gasteiger partial charge in [0.15, 0.2) is 0 Å². The highest BCUT2D eigenvalue weighted by Crippen LogP contribution is 2.33. The molecule has 0 unspecified atom stereocenters. The molecule has 0 saturated carbocycles. The molecular weight excluding hydrogens is 391 g/mol. The van der Waals surface area contributed by atoms with Gasteiger partial charge in [-0.1, -0.05) is 23.7 Å². The molecule has 1 amide bonds. The minimum atomic E-state index is -0.442. The molecule has 2 N–H and O–H groups in total. The number of nitrogens with two attached hydrogens (primary N) is 1. The van der Waals surface area contributed by atoms with Crippen molar-refractivity contribution in [2.75, 3.05) is 19.0 Å². The van der Waals surface area contributed by atoms with Crippen molar-refractivity contribution < 1.29 is 9.59 Å². The van der Waals surface area contributed by atoms with Crippen molar-refractivity contribution in [3.05, 3.63) is 55.7 Å². The van der Waals surface area contributed by atoms with E-state index in [-0.39, 0.29) is 12.2 Å². The van der Waals surface area contributed by atoms with Gasteiger partial charge in [-0.3, -0.25) is 14.5 Å². The number of hydrogen-bond acceptors (Lipinski definition) is 4. The van der Waals surface area contributed by atoms with E-state index >= 15 is 0 Å². The highest BCUT2D eigenvalue weighted by atomic mass is 35.5. The first-order valence-electron chi connectivity index (χ1n) is 8.45. The predicted octanol–water partition coefficient (Wildman–Crippen LogP) is 3.45. The van der Waals surface area contributed by atoms with E-state index in [4.69, 9.17) is 28.9 Å². The Morgan fingerprint density at radius 2 is 1.92 bits per heavy atom. The summed E-state index contributed by atoms with van der Waals surface area (Å²) in [5.74, 6) is 0.198. The molecule has 7 heteroatoms. The predicted molar refractivity (Wildman–Crippen MR) is 106 cm³/mol. The van der Waals surface area contributed by atoms with Crippen LogP contribution < -0.4 is 5.73 Å². The number of ketones is 1. The van der Waals surface area contributed by atoms with Gasteiger partial charge in [-0.2, -0.15) is 0 Å². The molecule has 1 aromatic heterocycles. The topological polar surface area (TPSA) is 63.4 Å². The van der Waals surface area contributed by atoms with Crippen LogP contribution in [-0.4, -0.2) is 35.6 Å². The van der Waals surface area contributed by atoms with Gasteiger partial charge >= 0.3 is 0 Å². The van der Waals surface area contributed by atoms with Gasteiger partial charge in [0.05, 0.1) is 5.56 Å². The van der Waals surface area contributed by atoms with Crippen LogP contribution in [-0.2, 0) is 30.6 Å². The number of Topliss-reactive ketones (excluding diaryl/α,β-unsaturated/α-hetero) is 1. The van der Waals surface area contributed by atoms with Crippen molar-refractivity contribution in [1.29, 1.82) is 0 Å². The third-order valence-electron chi connectivity index (χ3n) is 4.53. The number of fused-ring (bicyclic) bond motifs is 1. The Morgan fingerprint density at radius 1 is 1.19 bits per heavy atom. The maximum absolute atomic E-state index is 12.5. The zero-order chi connectivity index (χ0) is 18.7. The molecule has 0 aliphatic carbocycles. The Kier molecular flexibility index (Phi) is 6.35. The van der Waals surface area contributed by atoms with E-state index in [9.17, 15) is 9.59 Å². The fourth-order valence-electron chi connectivity index (χ4n) is 3.31. The number of amides is 1. The highest BCUT2D eigenvalue weighted by Gasteiger charge is 2.27. The molecule has 1 aromatic carbocycles. The van der Waals surface area contributed by atoms with E-state index in [1.54, 1.807) is 12.1 Å². The van der Waals surface area contributed by atoms with Crippen molar-refractivity contribution in [3.63, 3.8) is 0 Å². The average molecular weight is 411 g/mol. The number of thiophene rings is 1. The number of primary amides is 1. The molecule has 0 bridgehead atoms. The molecule has 2 heterocycles. The third kappa shape index (κ3) is 4.46. The Morgan fingerprint density at radius 3 is 2.58 bits per heavy atom. The van der Waals surface area contributed by atoms with Gasteiger partial charge in [-0.25, -0.2) is 0 Å². The largest absolute Gasteiger partial charge is 0.366 e. The number of benzene rings is 1. The van der Waals surface area contributed by atoms with Gasteiger partial charge in [0.25, 0.3) is 0 Å². The molecule has 1 aliphatic rings. The van der Waals surface area contributed by atoms with E-state index in [2.05, 4.69) is 4.90 Å². The summed E-state index contributed by atoms with van der Waals surface area (Å²) in [4.78, 5) is 28.7. The summed E-state index contributed by atoms with van der Waals surface area (Å²) >= 11 is 13.3. The first-order chi connectivity index (χ1) is 12.5. The van der Waals surface area contributed by atoms with Crippen molar-refractivity contribution >= 4 is 46.2 Å². The Balaban J connectivity index is 1.78. The van der Waals surface area contributed by atoms with Gasteiger partial charge in [0.1, 0.15) is 5.78 Å². The molecule has 138 valence electrons. The summed E-state index contributed by atoms with van der Waals surface area (Å²) in [7, 11) is 0. The van der Waals surface area contributed by atoms with Crippen LogP contribution in [0.25, 0.3) is 0 Å². The molecule has 26 heavy (non-hydrogen) atoms. The van der Waals surface area contributed by atoms with Crippen LogP contribution in [0.15, 0.2) is 24.3 Å². The molecule has 4 nitrogen and oxygen atoms in total. The van der Waals surface area contributed by atoms with Crippen LogP contribution in [0.2, 0.25) is 5.02 Å². The Bertz CT molecular complexity index is 818. The second kappa shape index (κ2) is 8.53. The Labute approximate surface area is 166 Å². The summed E-state index contributed by atoms with van der Waals surface area (Å²) in [6, 6.07) is 7.24. The average Bonchev–Trinajstić information content (AvgIpc) is 2.94. The molecule has 0 atom stereocenters. The molecule has 3 rings (SSSR count). The van der Waals surface area contributed by atoms with Gasteiger partial charge in [0.2, 0.25) is 5.91 Å². The first-order valence-corrected chi connectivity index (χ1v) is 10.2. The summed E-state index contributed by atoms with van der Waals surface area (Å²) < 4.78 is 0. The van der Waals surface area contributed by atoms with Crippen molar-refractivity contribution in [3.8, 4) is 0 Å². The molecule has 0 spiro atoms. The maximum atomic E-state index is 12.5. The lowest BCUT2D eigenvalue weighted by Crippen LogP contribution is -2.32. The summed E-state index contributed by atoms with van der Waals surface area (Å²) in [6.07, 6.45) is 1.32. The molecule has 1 aliphatic heterocycles. The van der Waals surface area contributed by atoms with Gasteiger partial charge in [-0.15, -0.1) is 22.9 Å². The van der Waals surface area contributed by atoms with Crippen LogP contribution in [0.5, 0.6) is 0 Å². The fourth-order valence-corrected chi connectivity index (χ4v) is 5.10. The summed E-state index contributed by atoms with van der Waals surface area (Å²) in [5.41, 5.74) is 8.11. The first kappa shape index (κ1) is 19.4. The van der Waals surface area contributed by atoms with Crippen LogP contribution in [0.1, 0.15) is 31.2 Å². The SMILES string of the molecule is NC(=O)c1c(CC(=O)Cc2ccc(Cl)cc2)sc2c1CCN(CCCl)C2. The number of carbonyl (C=O) groups is 2. The number of nitrogens with zero attached hydrogens (tertiary/aromatic N) is 1. The summed E-state index contributed by atoms with van der Waals surface area (Å²) in [5, 5.41) is 0.643. The number of halogens is 2. The molecule has 0 radical (unpaired) electrons. The second-order valence-electron chi connectivity index (χ2n) is 6.40. The molecule has 0 fully saturated rings. The molecule has 0 saturated heterocycles. The van der Waals surface area contributed by atoms with Crippen LogP contribution in [0.3, 0.4) is 0 Å². The number of alkyl halides is 1. The molecular formula is C19H20Cl2N2O2S. The van der Waals surface area contributed by atoms with Gasteiger partial charge < -0.3 is 5.73 Å². The van der Waals surface area contributed by atoms with E-state index < -0.39 is 5.91 Å². The van der Waals surface area contributed by atoms with Crippen molar-refractivity contribution in [1.82, 2.24) is 4.90 Å². The smallest absolute Gasteiger partial charge is 0.250 e. The minimum Gasteiger partial charge on any atom is -0.366 e. The van der Waals surface area contributed by atoms with E-state index in [1.165, 1.54) is 11.3 Å². The maximum Gasteiger partial charge on any atom is 0.250 e. The fraction of sp³-hybridized carbons (Fsp3) is 0.368. The molecule has 2 aromatic rings. The monoisotopic (exact) mass is 410 g/mol. The van der Waals surface area contributed by atoms with Gasteiger partial charge in [-0.05, 0) is 29.7 Å². The van der Waals surface area contributed by atoms with Crippen LogP contribution in [0.4, 0.5) is 0 Å². The normalized spacial score (nSPS) is 14.2. The third-order valence-corrected chi connectivity index (χ3v) is 6.17. The number of hydrogen-bond donors (Lipinski definition) is 1. The minimum absolute atomic E-state index is 0.0611. The second-order valence-corrected chi connectivity index (χ2v) is 8.40.